The Balaban J connectivity index is 1.26. The molecule has 4 aromatic rings. The van der Waals surface area contributed by atoms with E-state index in [1.165, 1.54) is 24.3 Å². The second-order valence-corrected chi connectivity index (χ2v) is 10.4. The lowest BCUT2D eigenvalue weighted by molar-refractivity contribution is -0.385. The molecule has 0 unspecified atom stereocenters. The van der Waals surface area contributed by atoms with E-state index in [1.807, 2.05) is 0 Å². The molecule has 44 heavy (non-hydrogen) atoms. The summed E-state index contributed by atoms with van der Waals surface area (Å²) in [6.45, 7) is 0. The van der Waals surface area contributed by atoms with Crippen molar-refractivity contribution < 1.29 is 37.7 Å². The van der Waals surface area contributed by atoms with Crippen LogP contribution in [0.25, 0.3) is 11.1 Å². The number of ether oxygens (including phenoxy) is 2. The van der Waals surface area contributed by atoms with Gasteiger partial charge in [-0.05, 0) is 57.6 Å². The van der Waals surface area contributed by atoms with E-state index in [0.29, 0.717) is 33.4 Å². The molecule has 0 spiro atoms. The number of nitrogens with zero attached hydrogens (tertiary/aromatic N) is 2. The molecule has 4 aromatic carbocycles. The number of nitro benzene ring substituents is 2. The van der Waals surface area contributed by atoms with Crippen LogP contribution < -0.4 is 0 Å². The molecule has 0 bridgehead atoms. The molecule has 6 rings (SSSR count). The lowest BCUT2D eigenvalue weighted by atomic mass is 9.91. The van der Waals surface area contributed by atoms with Gasteiger partial charge in [-0.1, -0.05) is 36.4 Å². The predicted molar refractivity (Wildman–Crippen MR) is 152 cm³/mol. The van der Waals surface area contributed by atoms with E-state index in [4.69, 9.17) is 9.47 Å². The molecule has 222 valence electrons. The Hall–Kier alpha value is -5.52. The molecule has 0 N–H and O–H groups in total. The zero-order chi connectivity index (χ0) is 31.1. The van der Waals surface area contributed by atoms with Crippen LogP contribution in [0.1, 0.15) is 55.2 Å². The number of hydrogen-bond donors (Lipinski definition) is 0. The number of esters is 2. The van der Waals surface area contributed by atoms with E-state index in [1.54, 1.807) is 36.4 Å². The van der Waals surface area contributed by atoms with Crippen molar-refractivity contribution in [3.8, 4) is 11.1 Å². The molecule has 0 amide bonds. The Labute approximate surface area is 248 Å². The van der Waals surface area contributed by atoms with Crippen molar-refractivity contribution in [1.29, 1.82) is 0 Å². The molecule has 0 aliphatic heterocycles. The molecule has 0 saturated carbocycles. The van der Waals surface area contributed by atoms with Gasteiger partial charge in [-0.2, -0.15) is 0 Å². The maximum absolute atomic E-state index is 15.4. The van der Waals surface area contributed by atoms with Crippen LogP contribution in [0, 0.1) is 20.2 Å². The average Bonchev–Trinajstić information content (AvgIpc) is 3.51. The van der Waals surface area contributed by atoms with Crippen molar-refractivity contribution in [3.05, 3.63) is 139 Å². The number of halogens is 2. The molecule has 0 fully saturated rings. The number of benzene rings is 4. The van der Waals surface area contributed by atoms with Gasteiger partial charge in [0, 0.05) is 37.1 Å². The van der Waals surface area contributed by atoms with E-state index in [0.717, 1.165) is 24.3 Å². The predicted octanol–water partition coefficient (Wildman–Crippen LogP) is 6.75. The van der Waals surface area contributed by atoms with E-state index >= 15 is 8.78 Å². The number of carbonyl (C=O) groups is 2. The molecule has 12 heteroatoms. The number of nitro groups is 2. The Morgan fingerprint density at radius 2 is 0.977 bits per heavy atom. The zero-order valence-corrected chi connectivity index (χ0v) is 22.7. The van der Waals surface area contributed by atoms with E-state index in [2.05, 4.69) is 0 Å². The van der Waals surface area contributed by atoms with Crippen molar-refractivity contribution in [1.82, 2.24) is 0 Å². The summed E-state index contributed by atoms with van der Waals surface area (Å²) in [5.41, 5.74) is 3.04. The van der Waals surface area contributed by atoms with Crippen LogP contribution in [0.5, 0.6) is 0 Å². The number of hydrogen-bond acceptors (Lipinski definition) is 8. The molecule has 10 nitrogen and oxygen atoms in total. The van der Waals surface area contributed by atoms with Crippen LogP contribution in [0.3, 0.4) is 0 Å². The van der Waals surface area contributed by atoms with Crippen LogP contribution in [0.4, 0.5) is 20.2 Å². The van der Waals surface area contributed by atoms with Gasteiger partial charge >= 0.3 is 11.9 Å². The smallest absolute Gasteiger partial charge is 0.338 e. The van der Waals surface area contributed by atoms with E-state index in [-0.39, 0.29) is 35.3 Å². The van der Waals surface area contributed by atoms with Crippen LogP contribution in [0.2, 0.25) is 0 Å². The summed E-state index contributed by atoms with van der Waals surface area (Å²) in [4.78, 5) is 46.2. The van der Waals surface area contributed by atoms with Crippen molar-refractivity contribution in [2.24, 2.45) is 0 Å². The molecule has 0 radical (unpaired) electrons. The fourth-order valence-electron chi connectivity index (χ4n) is 5.78. The van der Waals surface area contributed by atoms with Gasteiger partial charge < -0.3 is 9.47 Å². The second-order valence-electron chi connectivity index (χ2n) is 10.4. The molecular formula is C32H22F2N2O8. The molecule has 0 saturated heterocycles. The van der Waals surface area contributed by atoms with Crippen LogP contribution in [-0.2, 0) is 22.3 Å². The molecule has 2 aliphatic carbocycles. The number of alkyl halides is 2. The summed E-state index contributed by atoms with van der Waals surface area (Å²) in [6.07, 6.45) is -5.68. The third-order valence-corrected chi connectivity index (χ3v) is 7.88. The summed E-state index contributed by atoms with van der Waals surface area (Å²) in [5.74, 6) is -1.66. The highest BCUT2D eigenvalue weighted by Crippen LogP contribution is 2.46. The first-order chi connectivity index (χ1) is 21.1. The number of carbonyl (C=O) groups excluding carboxylic acids is 2. The summed E-state index contributed by atoms with van der Waals surface area (Å²) in [5, 5.41) is 21.8. The van der Waals surface area contributed by atoms with Gasteiger partial charge in [0.05, 0.1) is 21.0 Å². The van der Waals surface area contributed by atoms with Gasteiger partial charge in [0.1, 0.15) is 12.3 Å². The van der Waals surface area contributed by atoms with Crippen LogP contribution in [-0.4, -0.2) is 34.1 Å². The second kappa shape index (κ2) is 11.3. The van der Waals surface area contributed by atoms with Gasteiger partial charge in [-0.15, -0.1) is 0 Å². The zero-order valence-electron chi connectivity index (χ0n) is 22.7. The first kappa shape index (κ1) is 28.6. The topological polar surface area (TPSA) is 139 Å². The Bertz CT molecular complexity index is 1680. The lowest BCUT2D eigenvalue weighted by Gasteiger charge is -2.17. The van der Waals surface area contributed by atoms with E-state index < -0.39 is 46.3 Å². The first-order valence-electron chi connectivity index (χ1n) is 13.6. The van der Waals surface area contributed by atoms with E-state index in [9.17, 15) is 29.8 Å². The van der Waals surface area contributed by atoms with Crippen molar-refractivity contribution in [2.45, 2.75) is 37.4 Å². The third-order valence-electron chi connectivity index (χ3n) is 7.88. The van der Waals surface area contributed by atoms with Gasteiger partial charge in [-0.3, -0.25) is 20.2 Å². The summed E-state index contributed by atoms with van der Waals surface area (Å²) < 4.78 is 41.8. The van der Waals surface area contributed by atoms with Crippen molar-refractivity contribution in [3.63, 3.8) is 0 Å². The minimum absolute atomic E-state index is 0.0385. The highest BCUT2D eigenvalue weighted by Gasteiger charge is 2.40. The monoisotopic (exact) mass is 600 g/mol. The SMILES string of the molecule is O=C(O[C@@H]1c2cccc(-c3cccc4c3C[C@@H](F)[C@@H]4OC(=O)c3ccc([N+](=O)[O-])cc3)c2C[C@H]1F)c1ccc([N+](=O)[O-])cc1. The minimum Gasteiger partial charge on any atom is -0.451 e. The maximum atomic E-state index is 15.4. The van der Waals surface area contributed by atoms with Gasteiger partial charge in [0.25, 0.3) is 11.4 Å². The molecule has 4 atom stereocenters. The van der Waals surface area contributed by atoms with Crippen LogP contribution in [0.15, 0.2) is 84.9 Å². The summed E-state index contributed by atoms with van der Waals surface area (Å²) in [7, 11) is 0. The fourth-order valence-corrected chi connectivity index (χ4v) is 5.78. The highest BCUT2D eigenvalue weighted by atomic mass is 19.1. The third kappa shape index (κ3) is 5.14. The molecular weight excluding hydrogens is 578 g/mol. The normalized spacial score (nSPS) is 20.0. The highest BCUT2D eigenvalue weighted by molar-refractivity contribution is 5.90. The van der Waals surface area contributed by atoms with Crippen molar-refractivity contribution >= 4 is 23.3 Å². The maximum Gasteiger partial charge on any atom is 0.338 e. The minimum atomic E-state index is -1.56. The Morgan fingerprint density at radius 1 is 0.614 bits per heavy atom. The standard InChI is InChI=1S/C32H22F2N2O8/c33-27-15-25-21(3-1-5-23(25)29(27)43-31(37)17-7-11-19(12-8-17)35(39)40)22-4-2-6-24-26(22)16-28(34)30(24)44-32(38)18-9-13-20(14-10-18)36(41)42/h1-14,27-30H,15-16H2/t27-,28-,29-,30-/m1/s1. The molecule has 0 aromatic heterocycles. The Kier molecular flexibility index (Phi) is 7.33. The van der Waals surface area contributed by atoms with Gasteiger partial charge in [-0.25, -0.2) is 18.4 Å². The number of fused-ring (bicyclic) bond motifs is 2. The number of non-ortho nitro benzene ring substituents is 2. The van der Waals surface area contributed by atoms with Crippen LogP contribution >= 0.6 is 0 Å². The largest absolute Gasteiger partial charge is 0.451 e. The summed E-state index contributed by atoms with van der Waals surface area (Å²) >= 11 is 0. The number of rotatable bonds is 7. The lowest BCUT2D eigenvalue weighted by Crippen LogP contribution is -2.17. The first-order valence-corrected chi connectivity index (χ1v) is 13.6. The van der Waals surface area contributed by atoms with Crippen molar-refractivity contribution in [2.75, 3.05) is 0 Å². The molecule has 0 heterocycles. The van der Waals surface area contributed by atoms with Gasteiger partial charge in [0.2, 0.25) is 0 Å². The molecule has 2 aliphatic rings. The fraction of sp³-hybridized carbons (Fsp3) is 0.188. The summed E-state index contributed by atoms with van der Waals surface area (Å²) in [6, 6.07) is 19.8. The Morgan fingerprint density at radius 3 is 1.32 bits per heavy atom. The van der Waals surface area contributed by atoms with Gasteiger partial charge in [0.15, 0.2) is 12.2 Å². The quantitative estimate of drug-likeness (QED) is 0.129. The average molecular weight is 601 g/mol.